The molecule has 0 aliphatic rings. The number of rotatable bonds is 5. The minimum absolute atomic E-state index is 0.108. The van der Waals surface area contributed by atoms with Crippen LogP contribution >= 0.6 is 45.2 Å². The summed E-state index contributed by atoms with van der Waals surface area (Å²) in [6, 6.07) is 1.23. The van der Waals surface area contributed by atoms with Crippen LogP contribution in [0.5, 0.6) is 0 Å². The van der Waals surface area contributed by atoms with E-state index in [1.165, 1.54) is 13.2 Å². The molecule has 0 heterocycles. The first-order valence-electron chi connectivity index (χ1n) is 5.07. The van der Waals surface area contributed by atoms with E-state index >= 15 is 0 Å². The van der Waals surface area contributed by atoms with Gasteiger partial charge in [0.2, 0.25) is 5.91 Å². The van der Waals surface area contributed by atoms with Gasteiger partial charge in [0.05, 0.1) is 20.4 Å². The van der Waals surface area contributed by atoms with Crippen LogP contribution in [0.15, 0.2) is 6.07 Å². The quantitative estimate of drug-likeness (QED) is 0.528. The molecule has 0 saturated carbocycles. The maximum atomic E-state index is 11.5. The number of aromatic carboxylic acids is 2. The van der Waals surface area contributed by atoms with Gasteiger partial charge in [-0.15, -0.1) is 0 Å². The van der Waals surface area contributed by atoms with Crippen molar-refractivity contribution in [1.82, 2.24) is 0 Å². The van der Waals surface area contributed by atoms with Crippen LogP contribution in [-0.2, 0) is 9.53 Å². The van der Waals surface area contributed by atoms with Gasteiger partial charge in [-0.1, -0.05) is 0 Å². The molecule has 7 nitrogen and oxygen atoms in total. The van der Waals surface area contributed by atoms with E-state index in [0.29, 0.717) is 0 Å². The van der Waals surface area contributed by atoms with Crippen molar-refractivity contribution in [2.45, 2.75) is 0 Å². The van der Waals surface area contributed by atoms with Crippen molar-refractivity contribution >= 4 is 68.7 Å². The average Bonchev–Trinajstić information content (AvgIpc) is 2.32. The number of carbonyl (C=O) groups is 3. The van der Waals surface area contributed by atoms with E-state index in [4.69, 9.17) is 5.11 Å². The first kappa shape index (κ1) is 17.1. The van der Waals surface area contributed by atoms with Crippen molar-refractivity contribution in [1.29, 1.82) is 0 Å². The van der Waals surface area contributed by atoms with Crippen molar-refractivity contribution < 1.29 is 29.3 Å². The second-order valence-corrected chi connectivity index (χ2v) is 5.72. The number of methoxy groups -OCH3 is 1. The largest absolute Gasteiger partial charge is 0.478 e. The second kappa shape index (κ2) is 7.17. The Labute approximate surface area is 141 Å². The lowest BCUT2D eigenvalue weighted by Gasteiger charge is -2.13. The van der Waals surface area contributed by atoms with E-state index in [9.17, 15) is 19.5 Å². The van der Waals surface area contributed by atoms with Crippen LogP contribution in [0.3, 0.4) is 0 Å². The number of benzene rings is 1. The Bertz CT molecular complexity index is 587. The van der Waals surface area contributed by atoms with Gasteiger partial charge in [-0.05, 0) is 51.2 Å². The van der Waals surface area contributed by atoms with Crippen LogP contribution in [0.1, 0.15) is 20.7 Å². The molecule has 0 aliphatic heterocycles. The maximum absolute atomic E-state index is 11.5. The second-order valence-electron chi connectivity index (χ2n) is 3.57. The lowest BCUT2D eigenvalue weighted by molar-refractivity contribution is -0.119. The topological polar surface area (TPSA) is 113 Å². The van der Waals surface area contributed by atoms with E-state index in [2.05, 4.69) is 10.1 Å². The smallest absolute Gasteiger partial charge is 0.337 e. The predicted octanol–water partition coefficient (Wildman–Crippen LogP) is 1.88. The molecule has 0 aliphatic carbocycles. The van der Waals surface area contributed by atoms with E-state index in [0.717, 1.165) is 0 Å². The monoisotopic (exact) mass is 505 g/mol. The van der Waals surface area contributed by atoms with Crippen molar-refractivity contribution in [2.24, 2.45) is 0 Å². The Morgan fingerprint density at radius 3 is 2.25 bits per heavy atom. The van der Waals surface area contributed by atoms with Gasteiger partial charge in [0.15, 0.2) is 0 Å². The molecule has 1 aromatic rings. The Kier molecular flexibility index (Phi) is 6.13. The molecule has 9 heteroatoms. The van der Waals surface area contributed by atoms with Gasteiger partial charge in [0.1, 0.15) is 6.61 Å². The fourth-order valence-corrected chi connectivity index (χ4v) is 3.58. The van der Waals surface area contributed by atoms with Crippen LogP contribution in [-0.4, -0.2) is 41.8 Å². The first-order valence-corrected chi connectivity index (χ1v) is 7.22. The summed E-state index contributed by atoms with van der Waals surface area (Å²) in [6.07, 6.45) is 0. The molecule has 0 radical (unpaired) electrons. The molecule has 1 amide bonds. The average molecular weight is 505 g/mol. The minimum atomic E-state index is -1.27. The van der Waals surface area contributed by atoms with Gasteiger partial charge in [0.25, 0.3) is 0 Å². The lowest BCUT2D eigenvalue weighted by Crippen LogP contribution is -2.20. The van der Waals surface area contributed by atoms with Gasteiger partial charge in [0, 0.05) is 10.7 Å². The molecule has 0 unspecified atom stereocenters. The summed E-state index contributed by atoms with van der Waals surface area (Å²) in [5.74, 6) is -3.03. The fraction of sp³-hybridized carbons (Fsp3) is 0.182. The summed E-state index contributed by atoms with van der Waals surface area (Å²) in [4.78, 5) is 33.9. The van der Waals surface area contributed by atoms with E-state index in [-0.39, 0.29) is 30.6 Å². The highest BCUT2D eigenvalue weighted by molar-refractivity contribution is 14.1. The SMILES string of the molecule is COCC(=O)Nc1cc(C(=O)O)c(I)c(C(=O)O)c1I. The van der Waals surface area contributed by atoms with Crippen molar-refractivity contribution in [3.05, 3.63) is 24.3 Å². The van der Waals surface area contributed by atoms with Gasteiger partial charge < -0.3 is 20.3 Å². The van der Waals surface area contributed by atoms with Crippen molar-refractivity contribution in [3.8, 4) is 0 Å². The highest BCUT2D eigenvalue weighted by atomic mass is 127. The zero-order valence-corrected chi connectivity index (χ0v) is 14.4. The van der Waals surface area contributed by atoms with E-state index in [1.807, 2.05) is 0 Å². The zero-order valence-electron chi connectivity index (χ0n) is 10.1. The minimum Gasteiger partial charge on any atom is -0.478 e. The number of carbonyl (C=O) groups excluding carboxylic acids is 1. The van der Waals surface area contributed by atoms with Crippen molar-refractivity contribution in [2.75, 3.05) is 19.0 Å². The van der Waals surface area contributed by atoms with Crippen LogP contribution in [0, 0.1) is 7.14 Å². The van der Waals surface area contributed by atoms with Crippen LogP contribution < -0.4 is 5.32 Å². The number of nitrogens with one attached hydrogen (secondary N) is 1. The molecule has 0 saturated heterocycles. The number of hydrogen-bond acceptors (Lipinski definition) is 4. The van der Waals surface area contributed by atoms with E-state index < -0.39 is 17.8 Å². The summed E-state index contributed by atoms with van der Waals surface area (Å²) in [7, 11) is 1.34. The molecule has 0 aromatic heterocycles. The number of ether oxygens (including phenoxy) is 1. The molecule has 0 fully saturated rings. The molecule has 1 rings (SSSR count). The summed E-state index contributed by atoms with van der Waals surface area (Å²) < 4.78 is 5.01. The van der Waals surface area contributed by atoms with E-state index in [1.54, 1.807) is 45.2 Å². The number of anilines is 1. The summed E-state index contributed by atoms with van der Waals surface area (Å²) in [5.41, 5.74) is -0.210. The summed E-state index contributed by atoms with van der Waals surface area (Å²) in [5, 5.41) is 20.7. The van der Waals surface area contributed by atoms with Gasteiger partial charge >= 0.3 is 11.9 Å². The lowest BCUT2D eigenvalue weighted by atomic mass is 10.1. The molecule has 20 heavy (non-hydrogen) atoms. The molecular formula is C11H9I2NO6. The first-order chi connectivity index (χ1) is 9.29. The third-order valence-electron chi connectivity index (χ3n) is 2.19. The van der Waals surface area contributed by atoms with Gasteiger partial charge in [-0.3, -0.25) is 4.79 Å². The third kappa shape index (κ3) is 3.79. The van der Waals surface area contributed by atoms with Crippen LogP contribution in [0.2, 0.25) is 0 Å². The Hall–Kier alpha value is -0.950. The molecule has 1 aromatic carbocycles. The highest BCUT2D eigenvalue weighted by Crippen LogP contribution is 2.30. The van der Waals surface area contributed by atoms with Crippen LogP contribution in [0.25, 0.3) is 0 Å². The standard InChI is InChI=1S/C11H9I2NO6/c1-20-3-6(15)14-5-2-4(10(16)17)8(12)7(9(5)13)11(18)19/h2H,3H2,1H3,(H,14,15)(H,16,17)(H,18,19). The van der Waals surface area contributed by atoms with Gasteiger partial charge in [-0.2, -0.15) is 0 Å². The summed E-state index contributed by atoms with van der Waals surface area (Å²) in [6.45, 7) is -0.215. The zero-order chi connectivity index (χ0) is 15.4. The Morgan fingerprint density at radius 2 is 1.80 bits per heavy atom. The Morgan fingerprint density at radius 1 is 1.20 bits per heavy atom. The fourth-order valence-electron chi connectivity index (χ4n) is 1.39. The normalized spacial score (nSPS) is 10.2. The number of hydrogen-bond donors (Lipinski definition) is 3. The number of carboxylic acids is 2. The predicted molar refractivity (Wildman–Crippen MR) is 86.3 cm³/mol. The third-order valence-corrected chi connectivity index (χ3v) is 4.44. The highest BCUT2D eigenvalue weighted by Gasteiger charge is 2.23. The number of amides is 1. The molecule has 0 spiro atoms. The number of halogens is 2. The molecule has 3 N–H and O–H groups in total. The van der Waals surface area contributed by atoms with Crippen LogP contribution in [0.4, 0.5) is 5.69 Å². The maximum Gasteiger partial charge on any atom is 0.337 e. The van der Waals surface area contributed by atoms with Gasteiger partial charge in [-0.25, -0.2) is 9.59 Å². The summed E-state index contributed by atoms with van der Waals surface area (Å²) >= 11 is 3.41. The Balaban J connectivity index is 3.41. The molecule has 0 atom stereocenters. The van der Waals surface area contributed by atoms with Crippen molar-refractivity contribution in [3.63, 3.8) is 0 Å². The molecule has 108 valence electrons. The molecule has 0 bridgehead atoms. The molecular weight excluding hydrogens is 496 g/mol. The number of carboxylic acid groups (broad SMARTS) is 2.